The van der Waals surface area contributed by atoms with Gasteiger partial charge < -0.3 is 9.88 Å². The molecule has 3 rings (SSSR count). The summed E-state index contributed by atoms with van der Waals surface area (Å²) in [6, 6.07) is 2.88. The van der Waals surface area contributed by atoms with Gasteiger partial charge in [0, 0.05) is 31.4 Å². The van der Waals surface area contributed by atoms with Gasteiger partial charge in [0.05, 0.1) is 10.6 Å². The van der Waals surface area contributed by atoms with Crippen molar-refractivity contribution in [2.75, 3.05) is 13.1 Å². The molecule has 1 N–H and O–H groups in total. The molecule has 2 heterocycles. The molecule has 1 aliphatic rings. The van der Waals surface area contributed by atoms with E-state index in [0.29, 0.717) is 24.6 Å². The van der Waals surface area contributed by atoms with Crippen LogP contribution in [0.5, 0.6) is 0 Å². The zero-order valence-corrected chi connectivity index (χ0v) is 13.0. The molecule has 0 saturated carbocycles. The fourth-order valence-electron chi connectivity index (χ4n) is 2.87. The third-order valence-electron chi connectivity index (χ3n) is 4.19. The van der Waals surface area contributed by atoms with Gasteiger partial charge in [-0.15, -0.1) is 0 Å². The monoisotopic (exact) mass is 321 g/mol. The molecule has 2 aromatic rings. The molecule has 0 aliphatic carbocycles. The number of hydrogen-bond donors (Lipinski definition) is 1. The summed E-state index contributed by atoms with van der Waals surface area (Å²) in [5.74, 6) is 0.376. The lowest BCUT2D eigenvalue weighted by Crippen LogP contribution is -2.38. The van der Waals surface area contributed by atoms with Crippen LogP contribution in [0.2, 0.25) is 5.02 Å². The number of likely N-dealkylation sites (tertiary alicyclic amines) is 1. The van der Waals surface area contributed by atoms with Crippen LogP contribution in [-0.4, -0.2) is 33.9 Å². The second-order valence-electron chi connectivity index (χ2n) is 5.59. The summed E-state index contributed by atoms with van der Waals surface area (Å²) in [6.45, 7) is 2.92. The number of carbonyl (C=O) groups excluding carboxylic acids is 1. The molecule has 4 nitrogen and oxygen atoms in total. The molecule has 1 aromatic heterocycles. The number of imidazole rings is 1. The number of rotatable bonds is 2. The van der Waals surface area contributed by atoms with E-state index in [1.807, 2.05) is 0 Å². The molecule has 116 valence electrons. The predicted octanol–water partition coefficient (Wildman–Crippen LogP) is 3.53. The zero-order chi connectivity index (χ0) is 15.7. The Morgan fingerprint density at radius 1 is 1.41 bits per heavy atom. The molecular formula is C16H17ClFN3O. The van der Waals surface area contributed by atoms with Crippen LogP contribution in [0.1, 0.15) is 40.5 Å². The van der Waals surface area contributed by atoms with Gasteiger partial charge in [-0.1, -0.05) is 17.7 Å². The number of aryl methyl sites for hydroxylation is 1. The quantitative estimate of drug-likeness (QED) is 0.920. The van der Waals surface area contributed by atoms with E-state index >= 15 is 0 Å². The predicted molar refractivity (Wildman–Crippen MR) is 82.6 cm³/mol. The van der Waals surface area contributed by atoms with Crippen LogP contribution in [0.25, 0.3) is 0 Å². The lowest BCUT2D eigenvalue weighted by atomic mass is 9.95. The zero-order valence-electron chi connectivity index (χ0n) is 12.3. The first-order valence-electron chi connectivity index (χ1n) is 7.31. The average Bonchev–Trinajstić information content (AvgIpc) is 3.06. The minimum Gasteiger partial charge on any atom is -0.348 e. The summed E-state index contributed by atoms with van der Waals surface area (Å²) in [5.41, 5.74) is 0.690. The van der Waals surface area contributed by atoms with Gasteiger partial charge in [-0.2, -0.15) is 0 Å². The Kier molecular flexibility index (Phi) is 4.16. The SMILES string of the molecule is Cc1ccc(F)c(C(=O)N2CCC(c3ncc[nH]3)CC2)c1Cl. The van der Waals surface area contributed by atoms with E-state index in [4.69, 9.17) is 11.6 Å². The lowest BCUT2D eigenvalue weighted by Gasteiger charge is -2.31. The summed E-state index contributed by atoms with van der Waals surface area (Å²) >= 11 is 6.12. The first-order chi connectivity index (χ1) is 10.6. The van der Waals surface area contributed by atoms with Gasteiger partial charge in [0.1, 0.15) is 11.6 Å². The maximum Gasteiger partial charge on any atom is 0.258 e. The Bertz CT molecular complexity index is 679. The highest BCUT2D eigenvalue weighted by Crippen LogP contribution is 2.29. The number of nitrogens with one attached hydrogen (secondary N) is 1. The molecule has 1 aromatic carbocycles. The second kappa shape index (κ2) is 6.08. The molecular weight excluding hydrogens is 305 g/mol. The Morgan fingerprint density at radius 3 is 2.77 bits per heavy atom. The molecule has 1 fully saturated rings. The maximum atomic E-state index is 14.0. The average molecular weight is 322 g/mol. The molecule has 0 unspecified atom stereocenters. The van der Waals surface area contributed by atoms with Crippen molar-refractivity contribution in [1.29, 1.82) is 0 Å². The number of halogens is 2. The Balaban J connectivity index is 1.74. The van der Waals surface area contributed by atoms with E-state index in [1.165, 1.54) is 6.07 Å². The number of carbonyl (C=O) groups is 1. The van der Waals surface area contributed by atoms with Crippen LogP contribution < -0.4 is 0 Å². The molecule has 1 saturated heterocycles. The van der Waals surface area contributed by atoms with Crippen molar-refractivity contribution in [3.8, 4) is 0 Å². The topological polar surface area (TPSA) is 49.0 Å². The maximum absolute atomic E-state index is 14.0. The number of benzene rings is 1. The van der Waals surface area contributed by atoms with Crippen LogP contribution in [0.4, 0.5) is 4.39 Å². The third kappa shape index (κ3) is 2.73. The Morgan fingerprint density at radius 2 is 2.14 bits per heavy atom. The molecule has 6 heteroatoms. The van der Waals surface area contributed by atoms with Gasteiger partial charge >= 0.3 is 0 Å². The highest BCUT2D eigenvalue weighted by molar-refractivity contribution is 6.34. The molecule has 1 amide bonds. The molecule has 0 atom stereocenters. The molecule has 0 radical (unpaired) electrons. The van der Waals surface area contributed by atoms with Gasteiger partial charge in [-0.05, 0) is 31.4 Å². The van der Waals surface area contributed by atoms with Crippen molar-refractivity contribution in [3.05, 3.63) is 52.3 Å². The van der Waals surface area contributed by atoms with Crippen molar-refractivity contribution in [3.63, 3.8) is 0 Å². The van der Waals surface area contributed by atoms with E-state index in [1.54, 1.807) is 30.3 Å². The van der Waals surface area contributed by atoms with E-state index < -0.39 is 5.82 Å². The smallest absolute Gasteiger partial charge is 0.258 e. The summed E-state index contributed by atoms with van der Waals surface area (Å²) in [4.78, 5) is 21.6. The number of nitrogens with zero attached hydrogens (tertiary/aromatic N) is 2. The minimum absolute atomic E-state index is 0.0156. The fraction of sp³-hybridized carbons (Fsp3) is 0.375. The summed E-state index contributed by atoms with van der Waals surface area (Å²) < 4.78 is 14.0. The molecule has 1 aliphatic heterocycles. The summed E-state index contributed by atoms with van der Waals surface area (Å²) in [6.07, 6.45) is 5.15. The van der Waals surface area contributed by atoms with Gasteiger partial charge in [0.2, 0.25) is 0 Å². The van der Waals surface area contributed by atoms with Crippen LogP contribution in [0.3, 0.4) is 0 Å². The van der Waals surface area contributed by atoms with Crippen molar-refractivity contribution in [2.45, 2.75) is 25.7 Å². The first-order valence-corrected chi connectivity index (χ1v) is 7.69. The number of hydrogen-bond acceptors (Lipinski definition) is 2. The Hall–Kier alpha value is -1.88. The van der Waals surface area contributed by atoms with Gasteiger partial charge in [0.15, 0.2) is 0 Å². The standard InChI is InChI=1S/C16H17ClFN3O/c1-10-2-3-12(18)13(14(10)17)16(22)21-8-4-11(5-9-21)15-19-6-7-20-15/h2-3,6-7,11H,4-5,8-9H2,1H3,(H,19,20). The van der Waals surface area contributed by atoms with Crippen LogP contribution in [0, 0.1) is 12.7 Å². The van der Waals surface area contributed by atoms with Crippen molar-refractivity contribution >= 4 is 17.5 Å². The number of aromatic nitrogens is 2. The van der Waals surface area contributed by atoms with E-state index in [-0.39, 0.29) is 16.5 Å². The lowest BCUT2D eigenvalue weighted by molar-refractivity contribution is 0.0706. The summed E-state index contributed by atoms with van der Waals surface area (Å²) in [5, 5.41) is 0.207. The number of aromatic amines is 1. The highest BCUT2D eigenvalue weighted by atomic mass is 35.5. The summed E-state index contributed by atoms with van der Waals surface area (Å²) in [7, 11) is 0. The fourth-order valence-corrected chi connectivity index (χ4v) is 3.10. The number of H-pyrrole nitrogens is 1. The van der Waals surface area contributed by atoms with Gasteiger partial charge in [-0.3, -0.25) is 4.79 Å². The van der Waals surface area contributed by atoms with Crippen LogP contribution in [0.15, 0.2) is 24.5 Å². The molecule has 22 heavy (non-hydrogen) atoms. The van der Waals surface area contributed by atoms with Crippen LogP contribution in [-0.2, 0) is 0 Å². The molecule has 0 bridgehead atoms. The van der Waals surface area contributed by atoms with Crippen molar-refractivity contribution in [1.82, 2.24) is 14.9 Å². The van der Waals surface area contributed by atoms with Crippen LogP contribution >= 0.6 is 11.6 Å². The van der Waals surface area contributed by atoms with E-state index in [9.17, 15) is 9.18 Å². The van der Waals surface area contributed by atoms with Crippen molar-refractivity contribution in [2.24, 2.45) is 0 Å². The van der Waals surface area contributed by atoms with Crippen molar-refractivity contribution < 1.29 is 9.18 Å². The first kappa shape index (κ1) is 15.0. The largest absolute Gasteiger partial charge is 0.348 e. The van der Waals surface area contributed by atoms with Gasteiger partial charge in [-0.25, -0.2) is 9.37 Å². The number of amides is 1. The highest BCUT2D eigenvalue weighted by Gasteiger charge is 2.28. The third-order valence-corrected chi connectivity index (χ3v) is 4.67. The number of piperidine rings is 1. The van der Waals surface area contributed by atoms with Gasteiger partial charge in [0.25, 0.3) is 5.91 Å². The normalized spacial score (nSPS) is 16.0. The van der Waals surface area contributed by atoms with E-state index in [2.05, 4.69) is 9.97 Å². The second-order valence-corrected chi connectivity index (χ2v) is 5.97. The minimum atomic E-state index is -0.561. The molecule has 0 spiro atoms. The van der Waals surface area contributed by atoms with E-state index in [0.717, 1.165) is 18.7 Å². The Labute approximate surface area is 133 Å².